The first-order chi connectivity index (χ1) is 7.63. The number of ether oxygens (including phenoxy) is 2. The van der Waals surface area contributed by atoms with Crippen molar-refractivity contribution in [3.63, 3.8) is 0 Å². The number of carbonyl (C=O) groups is 2. The van der Waals surface area contributed by atoms with Crippen molar-refractivity contribution in [1.82, 2.24) is 10.6 Å². The highest BCUT2D eigenvalue weighted by Gasteiger charge is 2.23. The second-order valence-electron chi connectivity index (χ2n) is 3.75. The van der Waals surface area contributed by atoms with Crippen molar-refractivity contribution in [2.75, 3.05) is 26.8 Å². The van der Waals surface area contributed by atoms with E-state index in [1.807, 2.05) is 0 Å². The molecule has 0 aromatic rings. The van der Waals surface area contributed by atoms with E-state index in [-0.39, 0.29) is 36.7 Å². The Morgan fingerprint density at radius 3 is 2.82 bits per heavy atom. The van der Waals surface area contributed by atoms with E-state index >= 15 is 0 Å². The molecule has 0 aromatic carbocycles. The van der Waals surface area contributed by atoms with Crippen LogP contribution in [0.15, 0.2) is 0 Å². The zero-order valence-electron chi connectivity index (χ0n) is 10.0. The molecule has 2 N–H and O–H groups in total. The minimum absolute atomic E-state index is 0. The van der Waals surface area contributed by atoms with Crippen LogP contribution in [0, 0.1) is 0 Å². The van der Waals surface area contributed by atoms with Crippen LogP contribution in [0.2, 0.25) is 0 Å². The molecular weight excluding hydrogens is 248 g/mol. The van der Waals surface area contributed by atoms with Gasteiger partial charge in [0.1, 0.15) is 6.10 Å². The van der Waals surface area contributed by atoms with E-state index in [9.17, 15) is 9.59 Å². The van der Waals surface area contributed by atoms with Gasteiger partial charge in [-0.25, -0.2) is 0 Å². The van der Waals surface area contributed by atoms with Crippen molar-refractivity contribution in [2.45, 2.75) is 25.5 Å². The number of esters is 1. The Bertz CT molecular complexity index is 257. The lowest BCUT2D eigenvalue weighted by Gasteiger charge is -2.24. The smallest absolute Gasteiger partial charge is 0.307 e. The van der Waals surface area contributed by atoms with Gasteiger partial charge in [-0.1, -0.05) is 0 Å². The fourth-order valence-corrected chi connectivity index (χ4v) is 1.45. The maximum absolute atomic E-state index is 11.7. The number of amides is 1. The van der Waals surface area contributed by atoms with Crippen LogP contribution in [-0.4, -0.2) is 50.8 Å². The van der Waals surface area contributed by atoms with Gasteiger partial charge in [-0.2, -0.15) is 0 Å². The van der Waals surface area contributed by atoms with Gasteiger partial charge < -0.3 is 20.1 Å². The summed E-state index contributed by atoms with van der Waals surface area (Å²) in [5.74, 6) is -0.529. The number of carbonyl (C=O) groups excluding carboxylic acids is 2. The summed E-state index contributed by atoms with van der Waals surface area (Å²) in [6.07, 6.45) is -0.295. The Hall–Kier alpha value is -0.850. The Labute approximate surface area is 107 Å². The van der Waals surface area contributed by atoms with Crippen molar-refractivity contribution in [1.29, 1.82) is 0 Å². The highest BCUT2D eigenvalue weighted by Crippen LogP contribution is 1.99. The molecule has 2 atom stereocenters. The van der Waals surface area contributed by atoms with Gasteiger partial charge in [-0.3, -0.25) is 9.59 Å². The van der Waals surface area contributed by atoms with Gasteiger partial charge >= 0.3 is 5.97 Å². The second-order valence-corrected chi connectivity index (χ2v) is 3.75. The van der Waals surface area contributed by atoms with E-state index in [0.717, 1.165) is 6.54 Å². The SMILES string of the molecule is COC(=O)CC(C)NC(=O)C1CNCCO1.Cl. The van der Waals surface area contributed by atoms with Crippen LogP contribution in [-0.2, 0) is 19.1 Å². The van der Waals surface area contributed by atoms with Crippen LogP contribution in [0.4, 0.5) is 0 Å². The number of morpholine rings is 1. The molecule has 0 saturated carbocycles. The molecule has 1 heterocycles. The minimum Gasteiger partial charge on any atom is -0.469 e. The maximum atomic E-state index is 11.7. The molecule has 1 amide bonds. The van der Waals surface area contributed by atoms with Crippen molar-refractivity contribution in [3.05, 3.63) is 0 Å². The van der Waals surface area contributed by atoms with E-state index in [2.05, 4.69) is 15.4 Å². The summed E-state index contributed by atoms with van der Waals surface area (Å²) < 4.78 is 9.80. The second kappa shape index (κ2) is 8.27. The maximum Gasteiger partial charge on any atom is 0.307 e. The van der Waals surface area contributed by atoms with E-state index in [0.29, 0.717) is 13.2 Å². The van der Waals surface area contributed by atoms with Crippen LogP contribution < -0.4 is 10.6 Å². The predicted molar refractivity (Wildman–Crippen MR) is 64.1 cm³/mol. The molecule has 0 aromatic heterocycles. The first-order valence-corrected chi connectivity index (χ1v) is 5.33. The lowest BCUT2D eigenvalue weighted by atomic mass is 10.2. The first-order valence-electron chi connectivity index (χ1n) is 5.33. The molecule has 100 valence electrons. The number of hydrogen-bond acceptors (Lipinski definition) is 5. The van der Waals surface area contributed by atoms with E-state index < -0.39 is 6.10 Å². The molecule has 1 saturated heterocycles. The normalized spacial score (nSPS) is 20.9. The van der Waals surface area contributed by atoms with E-state index in [1.165, 1.54) is 7.11 Å². The molecule has 2 unspecified atom stereocenters. The van der Waals surface area contributed by atoms with Crippen molar-refractivity contribution in [2.24, 2.45) is 0 Å². The highest BCUT2D eigenvalue weighted by molar-refractivity contribution is 5.85. The largest absolute Gasteiger partial charge is 0.469 e. The van der Waals surface area contributed by atoms with Gasteiger partial charge in [0.25, 0.3) is 5.91 Å². The lowest BCUT2D eigenvalue weighted by Crippen LogP contribution is -2.50. The van der Waals surface area contributed by atoms with Gasteiger partial charge in [0.05, 0.1) is 20.1 Å². The summed E-state index contributed by atoms with van der Waals surface area (Å²) in [5.41, 5.74) is 0. The highest BCUT2D eigenvalue weighted by atomic mass is 35.5. The molecule has 1 aliphatic heterocycles. The summed E-state index contributed by atoms with van der Waals surface area (Å²) in [5, 5.41) is 5.77. The van der Waals surface area contributed by atoms with Gasteiger partial charge in [0.2, 0.25) is 0 Å². The fourth-order valence-electron chi connectivity index (χ4n) is 1.45. The van der Waals surface area contributed by atoms with Gasteiger partial charge in [0.15, 0.2) is 0 Å². The summed E-state index contributed by atoms with van der Waals surface area (Å²) in [6.45, 7) is 3.56. The number of nitrogens with one attached hydrogen (secondary N) is 2. The summed E-state index contributed by atoms with van der Waals surface area (Å²) in [6, 6.07) is -0.245. The van der Waals surface area contributed by atoms with Gasteiger partial charge in [-0.05, 0) is 6.92 Å². The molecule has 0 aliphatic carbocycles. The average molecular weight is 267 g/mol. The number of hydrogen-bond donors (Lipinski definition) is 2. The van der Waals surface area contributed by atoms with Crippen molar-refractivity contribution in [3.8, 4) is 0 Å². The third-order valence-corrected chi connectivity index (χ3v) is 2.31. The minimum atomic E-state index is -0.464. The van der Waals surface area contributed by atoms with Crippen LogP contribution >= 0.6 is 12.4 Å². The van der Waals surface area contributed by atoms with Crippen LogP contribution in [0.25, 0.3) is 0 Å². The molecule has 6 nitrogen and oxygen atoms in total. The third kappa shape index (κ3) is 5.86. The quantitative estimate of drug-likeness (QED) is 0.669. The number of methoxy groups -OCH3 is 1. The average Bonchev–Trinajstić information content (AvgIpc) is 2.29. The Morgan fingerprint density at radius 1 is 1.59 bits per heavy atom. The monoisotopic (exact) mass is 266 g/mol. The van der Waals surface area contributed by atoms with Crippen LogP contribution in [0.5, 0.6) is 0 Å². The third-order valence-electron chi connectivity index (χ3n) is 2.31. The molecule has 0 bridgehead atoms. The van der Waals surface area contributed by atoms with Gasteiger partial charge in [0, 0.05) is 19.1 Å². The Morgan fingerprint density at radius 2 is 2.29 bits per heavy atom. The number of halogens is 1. The molecule has 1 rings (SSSR count). The molecule has 0 spiro atoms. The van der Waals surface area contributed by atoms with E-state index in [4.69, 9.17) is 4.74 Å². The number of rotatable bonds is 4. The molecule has 7 heteroatoms. The fraction of sp³-hybridized carbons (Fsp3) is 0.800. The zero-order chi connectivity index (χ0) is 12.0. The standard InChI is InChI=1S/C10H18N2O4.ClH/c1-7(5-9(13)15-2)12-10(14)8-6-11-3-4-16-8;/h7-8,11H,3-6H2,1-2H3,(H,12,14);1H. The van der Waals surface area contributed by atoms with Crippen LogP contribution in [0.1, 0.15) is 13.3 Å². The van der Waals surface area contributed by atoms with Crippen molar-refractivity contribution >= 4 is 24.3 Å². The van der Waals surface area contributed by atoms with E-state index in [1.54, 1.807) is 6.92 Å². The molecule has 17 heavy (non-hydrogen) atoms. The van der Waals surface area contributed by atoms with Crippen LogP contribution in [0.3, 0.4) is 0 Å². The van der Waals surface area contributed by atoms with Crippen molar-refractivity contribution < 1.29 is 19.1 Å². The summed E-state index contributed by atoms with van der Waals surface area (Å²) >= 11 is 0. The van der Waals surface area contributed by atoms with Gasteiger partial charge in [-0.15, -0.1) is 12.4 Å². The molecular formula is C10H19ClN2O4. The summed E-state index contributed by atoms with van der Waals surface area (Å²) in [7, 11) is 1.32. The Kier molecular flexibility index (Phi) is 7.86. The molecule has 1 fully saturated rings. The lowest BCUT2D eigenvalue weighted by molar-refractivity contribution is -0.141. The molecule has 0 radical (unpaired) electrons. The predicted octanol–water partition coefficient (Wildman–Crippen LogP) is -0.536. The Balaban J connectivity index is 0.00000256. The zero-order valence-corrected chi connectivity index (χ0v) is 10.8. The topological polar surface area (TPSA) is 76.7 Å². The molecule has 1 aliphatic rings. The summed E-state index contributed by atoms with van der Waals surface area (Å²) in [4.78, 5) is 22.6. The first kappa shape index (κ1) is 16.1.